The van der Waals surface area contributed by atoms with Gasteiger partial charge in [-0.05, 0) is 11.1 Å². The molecule has 0 aliphatic heterocycles. The van der Waals surface area contributed by atoms with Crippen LogP contribution in [-0.4, -0.2) is 21.0 Å². The summed E-state index contributed by atoms with van der Waals surface area (Å²) >= 11 is 0.924. The molecule has 0 radical (unpaired) electrons. The van der Waals surface area contributed by atoms with Crippen molar-refractivity contribution in [2.75, 3.05) is 0 Å². The van der Waals surface area contributed by atoms with Crippen molar-refractivity contribution in [2.24, 2.45) is 0 Å². The van der Waals surface area contributed by atoms with Crippen molar-refractivity contribution in [1.82, 2.24) is 9.97 Å². The van der Waals surface area contributed by atoms with E-state index in [1.165, 1.54) is 12.4 Å². The molecule has 0 bridgehead atoms. The number of aromatic nitrogens is 2. The minimum absolute atomic E-state index is 0. The third-order valence-corrected chi connectivity index (χ3v) is 4.19. The molecule has 2 aromatic heterocycles. The standard InChI is InChI=1S/C15H9F3N2O2S.ClH/c16-9-4-10(17)15-14(13(9)18)20-11(23-15)2-7-1-8(3-12(21)22)6-19-5-7;/h1,4-6H,2-3H2,(H,21,22);1H. The average Bonchev–Trinajstić information content (AvgIpc) is 2.89. The van der Waals surface area contributed by atoms with Gasteiger partial charge in [0.2, 0.25) is 0 Å². The number of aliphatic carboxylic acids is 1. The summed E-state index contributed by atoms with van der Waals surface area (Å²) in [6.45, 7) is 0. The number of benzene rings is 1. The number of pyridine rings is 1. The molecule has 0 spiro atoms. The van der Waals surface area contributed by atoms with Gasteiger partial charge in [0.1, 0.15) is 11.3 Å². The molecule has 0 atom stereocenters. The summed E-state index contributed by atoms with van der Waals surface area (Å²) < 4.78 is 40.5. The topological polar surface area (TPSA) is 63.1 Å². The Morgan fingerprint density at radius 1 is 1.12 bits per heavy atom. The molecule has 3 rings (SSSR count). The highest BCUT2D eigenvalue weighted by atomic mass is 35.5. The van der Waals surface area contributed by atoms with E-state index in [-0.39, 0.29) is 35.5 Å². The first-order valence-corrected chi connectivity index (χ1v) is 7.33. The maximum absolute atomic E-state index is 13.7. The number of thiazole rings is 1. The summed E-state index contributed by atoms with van der Waals surface area (Å²) in [5.74, 6) is -4.30. The van der Waals surface area contributed by atoms with Gasteiger partial charge in [0.05, 0.1) is 16.1 Å². The van der Waals surface area contributed by atoms with E-state index in [1.807, 2.05) is 0 Å². The van der Waals surface area contributed by atoms with Crippen molar-refractivity contribution in [3.8, 4) is 0 Å². The summed E-state index contributed by atoms with van der Waals surface area (Å²) in [5.41, 5.74) is 0.834. The van der Waals surface area contributed by atoms with Gasteiger partial charge in [0.25, 0.3) is 0 Å². The van der Waals surface area contributed by atoms with Gasteiger partial charge in [-0.3, -0.25) is 9.78 Å². The highest BCUT2D eigenvalue weighted by molar-refractivity contribution is 7.18. The fraction of sp³-hybridized carbons (Fsp3) is 0.133. The van der Waals surface area contributed by atoms with Crippen molar-refractivity contribution in [3.05, 3.63) is 58.1 Å². The van der Waals surface area contributed by atoms with Crippen molar-refractivity contribution >= 4 is 39.9 Å². The average molecular weight is 375 g/mol. The highest BCUT2D eigenvalue weighted by Crippen LogP contribution is 2.29. The second-order valence-corrected chi connectivity index (χ2v) is 5.97. The lowest BCUT2D eigenvalue weighted by Crippen LogP contribution is -2.01. The van der Waals surface area contributed by atoms with Crippen LogP contribution < -0.4 is 0 Å². The summed E-state index contributed by atoms with van der Waals surface area (Å²) in [4.78, 5) is 18.6. The summed E-state index contributed by atoms with van der Waals surface area (Å²) in [6, 6.07) is 2.13. The predicted molar refractivity (Wildman–Crippen MR) is 85.1 cm³/mol. The van der Waals surface area contributed by atoms with Crippen LogP contribution in [0, 0.1) is 17.5 Å². The summed E-state index contributed by atoms with van der Waals surface area (Å²) in [5, 5.41) is 9.16. The van der Waals surface area contributed by atoms with Gasteiger partial charge in [0.15, 0.2) is 11.6 Å². The quantitative estimate of drug-likeness (QED) is 0.706. The Kier molecular flexibility index (Phi) is 5.40. The molecular formula is C15H10ClF3N2O2S. The number of carboxylic acid groups (broad SMARTS) is 1. The molecule has 0 amide bonds. The van der Waals surface area contributed by atoms with Gasteiger partial charge in [0, 0.05) is 24.9 Å². The van der Waals surface area contributed by atoms with Crippen LogP contribution in [-0.2, 0) is 17.6 Å². The molecule has 1 N–H and O–H groups in total. The fourth-order valence-electron chi connectivity index (χ4n) is 2.19. The van der Waals surface area contributed by atoms with Crippen LogP contribution in [0.3, 0.4) is 0 Å². The van der Waals surface area contributed by atoms with E-state index in [9.17, 15) is 18.0 Å². The van der Waals surface area contributed by atoms with Crippen LogP contribution in [0.25, 0.3) is 10.2 Å². The van der Waals surface area contributed by atoms with Crippen molar-refractivity contribution in [1.29, 1.82) is 0 Å². The Morgan fingerprint density at radius 3 is 2.54 bits per heavy atom. The van der Waals surface area contributed by atoms with Gasteiger partial charge in [-0.15, -0.1) is 23.7 Å². The Hall–Kier alpha value is -2.19. The molecule has 0 saturated heterocycles. The van der Waals surface area contributed by atoms with Gasteiger partial charge in [-0.25, -0.2) is 18.2 Å². The molecule has 0 aliphatic rings. The third-order valence-electron chi connectivity index (χ3n) is 3.12. The number of fused-ring (bicyclic) bond motifs is 1. The smallest absolute Gasteiger partial charge is 0.307 e. The lowest BCUT2D eigenvalue weighted by Gasteiger charge is -2.00. The molecule has 4 nitrogen and oxygen atoms in total. The molecule has 0 saturated carbocycles. The fourth-order valence-corrected chi connectivity index (χ4v) is 3.19. The Bertz CT molecular complexity index is 917. The second-order valence-electron chi connectivity index (χ2n) is 4.89. The first kappa shape index (κ1) is 18.2. The molecule has 1 aromatic carbocycles. The van der Waals surface area contributed by atoms with E-state index in [2.05, 4.69) is 9.97 Å². The Labute approximate surface area is 144 Å². The zero-order valence-electron chi connectivity index (χ0n) is 11.9. The zero-order chi connectivity index (χ0) is 16.6. The second kappa shape index (κ2) is 7.14. The Morgan fingerprint density at radius 2 is 1.83 bits per heavy atom. The molecule has 2 heterocycles. The molecule has 0 aliphatic carbocycles. The first-order valence-electron chi connectivity index (χ1n) is 6.51. The highest BCUT2D eigenvalue weighted by Gasteiger charge is 2.17. The van der Waals surface area contributed by atoms with E-state index in [4.69, 9.17) is 5.11 Å². The van der Waals surface area contributed by atoms with Gasteiger partial charge >= 0.3 is 5.97 Å². The maximum Gasteiger partial charge on any atom is 0.307 e. The summed E-state index contributed by atoms with van der Waals surface area (Å²) in [7, 11) is 0. The van der Waals surface area contributed by atoms with Crippen molar-refractivity contribution in [3.63, 3.8) is 0 Å². The number of halogens is 4. The third kappa shape index (κ3) is 3.65. The van der Waals surface area contributed by atoms with E-state index < -0.39 is 23.4 Å². The van der Waals surface area contributed by atoms with Crippen LogP contribution in [0.5, 0.6) is 0 Å². The lowest BCUT2D eigenvalue weighted by molar-refractivity contribution is -0.136. The number of nitrogens with zero attached hydrogens (tertiary/aromatic N) is 2. The van der Waals surface area contributed by atoms with Crippen LogP contribution in [0.4, 0.5) is 13.2 Å². The molecule has 126 valence electrons. The van der Waals surface area contributed by atoms with Gasteiger partial charge in [-0.1, -0.05) is 6.07 Å². The first-order chi connectivity index (χ1) is 10.9. The monoisotopic (exact) mass is 374 g/mol. The van der Waals surface area contributed by atoms with Crippen LogP contribution in [0.15, 0.2) is 24.5 Å². The van der Waals surface area contributed by atoms with Gasteiger partial charge in [-0.2, -0.15) is 0 Å². The van der Waals surface area contributed by atoms with Gasteiger partial charge < -0.3 is 5.11 Å². The minimum atomic E-state index is -1.28. The number of carboxylic acids is 1. The van der Waals surface area contributed by atoms with E-state index in [0.717, 1.165) is 11.3 Å². The number of hydrogen-bond donors (Lipinski definition) is 1. The normalized spacial score (nSPS) is 10.6. The largest absolute Gasteiger partial charge is 0.481 e. The maximum atomic E-state index is 13.7. The van der Waals surface area contributed by atoms with Crippen molar-refractivity contribution in [2.45, 2.75) is 12.8 Å². The predicted octanol–water partition coefficient (Wildman–Crippen LogP) is 3.75. The molecule has 0 unspecified atom stereocenters. The van der Waals surface area contributed by atoms with Crippen molar-refractivity contribution < 1.29 is 23.1 Å². The Balaban J connectivity index is 0.00000208. The zero-order valence-corrected chi connectivity index (χ0v) is 13.6. The molecule has 24 heavy (non-hydrogen) atoms. The minimum Gasteiger partial charge on any atom is -0.481 e. The van der Waals surface area contributed by atoms with E-state index >= 15 is 0 Å². The van der Waals surface area contributed by atoms with Crippen LogP contribution in [0.2, 0.25) is 0 Å². The molecule has 3 aromatic rings. The molecular weight excluding hydrogens is 365 g/mol. The van der Waals surface area contributed by atoms with Crippen LogP contribution in [0.1, 0.15) is 16.1 Å². The lowest BCUT2D eigenvalue weighted by atomic mass is 10.1. The molecule has 0 fully saturated rings. The number of hydrogen-bond acceptors (Lipinski definition) is 4. The molecule has 9 heteroatoms. The SMILES string of the molecule is Cl.O=C(O)Cc1cncc(Cc2nc3c(F)c(F)cc(F)c3s2)c1. The number of rotatable bonds is 4. The number of carbonyl (C=O) groups is 1. The van der Waals surface area contributed by atoms with Crippen LogP contribution >= 0.6 is 23.7 Å². The summed E-state index contributed by atoms with van der Waals surface area (Å²) in [6.07, 6.45) is 3.00. The van der Waals surface area contributed by atoms with E-state index in [0.29, 0.717) is 22.2 Å². The van der Waals surface area contributed by atoms with E-state index in [1.54, 1.807) is 6.07 Å².